The topological polar surface area (TPSA) is 92.6 Å². The molecule has 0 aromatic heterocycles. The van der Waals surface area contributed by atoms with Crippen molar-refractivity contribution in [3.63, 3.8) is 0 Å². The minimum atomic E-state index is -0.764. The maximum Gasteiger partial charge on any atom is 0.269 e. The summed E-state index contributed by atoms with van der Waals surface area (Å²) in [7, 11) is 0. The molecular formula is C31H31N3O4. The number of amides is 1. The van der Waals surface area contributed by atoms with E-state index >= 15 is 0 Å². The van der Waals surface area contributed by atoms with Crippen molar-refractivity contribution in [2.24, 2.45) is 0 Å². The third kappa shape index (κ3) is 4.96. The molecule has 2 aliphatic rings. The van der Waals surface area contributed by atoms with E-state index in [1.54, 1.807) is 17.0 Å². The smallest absolute Gasteiger partial charge is 0.269 e. The molecule has 7 nitrogen and oxygen atoms in total. The van der Waals surface area contributed by atoms with Gasteiger partial charge in [0.05, 0.1) is 22.3 Å². The number of allylic oxidation sites excluding steroid dienone is 1. The van der Waals surface area contributed by atoms with Gasteiger partial charge in [-0.1, -0.05) is 74.4 Å². The van der Waals surface area contributed by atoms with E-state index < -0.39 is 11.0 Å². The van der Waals surface area contributed by atoms with Crippen molar-refractivity contribution in [3.8, 4) is 0 Å². The zero-order valence-electron chi connectivity index (χ0n) is 21.4. The number of carbonyl (C=O) groups excluding carboxylic acids is 2. The molecule has 0 bridgehead atoms. The molecule has 1 aliphatic carbocycles. The highest BCUT2D eigenvalue weighted by atomic mass is 16.6. The fourth-order valence-corrected chi connectivity index (χ4v) is 5.60. The van der Waals surface area contributed by atoms with Crippen LogP contribution in [0.2, 0.25) is 0 Å². The van der Waals surface area contributed by atoms with Crippen LogP contribution < -0.4 is 10.2 Å². The first-order valence-corrected chi connectivity index (χ1v) is 13.2. The van der Waals surface area contributed by atoms with Gasteiger partial charge in [-0.05, 0) is 42.0 Å². The third-order valence-corrected chi connectivity index (χ3v) is 7.42. The molecule has 0 saturated heterocycles. The second kappa shape index (κ2) is 11.0. The number of benzene rings is 3. The molecule has 0 fully saturated rings. The van der Waals surface area contributed by atoms with E-state index in [0.717, 1.165) is 36.2 Å². The Balaban J connectivity index is 1.69. The van der Waals surface area contributed by atoms with Crippen LogP contribution in [0.4, 0.5) is 17.1 Å². The number of hydrogen-bond acceptors (Lipinski definition) is 5. The van der Waals surface area contributed by atoms with Gasteiger partial charge in [-0.15, -0.1) is 0 Å². The first-order valence-electron chi connectivity index (χ1n) is 13.2. The Morgan fingerprint density at radius 1 is 0.974 bits per heavy atom. The molecule has 7 heteroatoms. The Morgan fingerprint density at radius 2 is 1.71 bits per heavy atom. The number of nitrogens with zero attached hydrogens (tertiary/aromatic N) is 2. The highest BCUT2D eigenvalue weighted by molar-refractivity contribution is 6.06. The average Bonchev–Trinajstić information content (AvgIpc) is 3.08. The van der Waals surface area contributed by atoms with Crippen molar-refractivity contribution in [2.75, 3.05) is 10.2 Å². The molecule has 0 radical (unpaired) electrons. The van der Waals surface area contributed by atoms with Gasteiger partial charge in [0, 0.05) is 36.2 Å². The molecule has 0 unspecified atom stereocenters. The van der Waals surface area contributed by atoms with Crippen LogP contribution in [0.15, 0.2) is 90.1 Å². The Bertz CT molecular complexity index is 1400. The number of nitro benzene ring substituents is 1. The van der Waals surface area contributed by atoms with Gasteiger partial charge in [0.2, 0.25) is 5.91 Å². The van der Waals surface area contributed by atoms with E-state index in [4.69, 9.17) is 0 Å². The van der Waals surface area contributed by atoms with Crippen molar-refractivity contribution in [1.82, 2.24) is 0 Å². The van der Waals surface area contributed by atoms with Crippen molar-refractivity contribution in [3.05, 3.63) is 111 Å². The Kier molecular flexibility index (Phi) is 7.36. The number of para-hydroxylation sites is 2. The molecule has 1 amide bonds. The molecule has 0 saturated carbocycles. The molecule has 1 heterocycles. The maximum atomic E-state index is 14.0. The summed E-state index contributed by atoms with van der Waals surface area (Å²) in [5.41, 5.74) is 4.27. The van der Waals surface area contributed by atoms with E-state index in [9.17, 15) is 19.7 Å². The largest absolute Gasteiger partial charge is 0.357 e. The molecule has 1 N–H and O–H groups in total. The number of unbranched alkanes of at least 4 members (excludes halogenated alkanes) is 2. The Morgan fingerprint density at radius 3 is 2.47 bits per heavy atom. The minimum Gasteiger partial charge on any atom is -0.357 e. The summed E-state index contributed by atoms with van der Waals surface area (Å²) >= 11 is 0. The van der Waals surface area contributed by atoms with E-state index in [1.807, 2.05) is 54.6 Å². The van der Waals surface area contributed by atoms with Crippen LogP contribution >= 0.6 is 0 Å². The summed E-state index contributed by atoms with van der Waals surface area (Å²) in [6, 6.07) is 23.1. The lowest BCUT2D eigenvalue weighted by atomic mass is 9.78. The van der Waals surface area contributed by atoms with Crippen LogP contribution in [0, 0.1) is 10.1 Å². The van der Waals surface area contributed by atoms with Crippen LogP contribution in [0.5, 0.6) is 0 Å². The zero-order chi connectivity index (χ0) is 26.6. The van der Waals surface area contributed by atoms with Gasteiger partial charge < -0.3 is 5.32 Å². The highest BCUT2D eigenvalue weighted by Gasteiger charge is 2.41. The quantitative estimate of drug-likeness (QED) is 0.209. The van der Waals surface area contributed by atoms with E-state index in [0.29, 0.717) is 36.1 Å². The van der Waals surface area contributed by atoms with Crippen LogP contribution in [0.25, 0.3) is 0 Å². The van der Waals surface area contributed by atoms with Gasteiger partial charge in [-0.25, -0.2) is 0 Å². The predicted molar refractivity (Wildman–Crippen MR) is 148 cm³/mol. The van der Waals surface area contributed by atoms with E-state index in [2.05, 4.69) is 12.2 Å². The maximum absolute atomic E-state index is 14.0. The number of nitro groups is 1. The summed E-state index contributed by atoms with van der Waals surface area (Å²) in [6.07, 6.45) is 3.88. The fourth-order valence-electron chi connectivity index (χ4n) is 5.60. The molecule has 3 aromatic carbocycles. The molecule has 194 valence electrons. The van der Waals surface area contributed by atoms with Crippen molar-refractivity contribution >= 4 is 28.8 Å². The van der Waals surface area contributed by atoms with Crippen LogP contribution in [-0.4, -0.2) is 16.6 Å². The average molecular weight is 510 g/mol. The number of ketones is 1. The minimum absolute atomic E-state index is 0.000299. The number of fused-ring (bicyclic) bond motifs is 1. The van der Waals surface area contributed by atoms with Gasteiger partial charge in [-0.3, -0.25) is 24.6 Å². The second-order valence-electron chi connectivity index (χ2n) is 9.95. The van der Waals surface area contributed by atoms with Gasteiger partial charge in [-0.2, -0.15) is 0 Å². The number of nitrogens with one attached hydrogen (secondary N) is 1. The zero-order valence-corrected chi connectivity index (χ0v) is 21.4. The molecule has 2 atom stereocenters. The second-order valence-corrected chi connectivity index (χ2v) is 9.95. The summed E-state index contributed by atoms with van der Waals surface area (Å²) in [4.78, 5) is 40.8. The van der Waals surface area contributed by atoms with Crippen LogP contribution in [0.3, 0.4) is 0 Å². The summed E-state index contributed by atoms with van der Waals surface area (Å²) in [5.74, 6) is -0.154. The lowest BCUT2D eigenvalue weighted by Gasteiger charge is -2.35. The lowest BCUT2D eigenvalue weighted by molar-refractivity contribution is -0.384. The van der Waals surface area contributed by atoms with Gasteiger partial charge in [0.25, 0.3) is 5.69 Å². The Hall–Kier alpha value is -4.26. The molecule has 5 rings (SSSR count). The third-order valence-electron chi connectivity index (χ3n) is 7.42. The first kappa shape index (κ1) is 25.4. The van der Waals surface area contributed by atoms with Gasteiger partial charge in [0.1, 0.15) is 0 Å². The predicted octanol–water partition coefficient (Wildman–Crippen LogP) is 7.08. The standard InChI is InChI=1S/C31H31N3O4/c1-2-3-5-17-29(36)33-27-16-9-8-15-25(27)32-26-19-23(21-11-6-4-7-12-21)20-28(35)30(26)31(33)22-13-10-14-24(18-22)34(37)38/h4,6-16,18,23,31-32H,2-3,5,17,19-20H2,1H3/t23-,31-/m1/s1. The van der Waals surface area contributed by atoms with Crippen LogP contribution in [-0.2, 0) is 9.59 Å². The number of non-ortho nitro benzene ring substituents is 1. The highest BCUT2D eigenvalue weighted by Crippen LogP contribution is 2.48. The first-order chi connectivity index (χ1) is 18.5. The summed E-state index contributed by atoms with van der Waals surface area (Å²) in [6.45, 7) is 2.09. The molecule has 1 aliphatic heterocycles. The summed E-state index contributed by atoms with van der Waals surface area (Å²) in [5, 5.41) is 15.2. The molecule has 3 aromatic rings. The van der Waals surface area contributed by atoms with Crippen molar-refractivity contribution < 1.29 is 14.5 Å². The number of anilines is 2. The summed E-state index contributed by atoms with van der Waals surface area (Å²) < 4.78 is 0. The SMILES string of the molecule is CCCCCC(=O)N1c2ccccc2NC2=C(C(=O)C[C@H](c3ccccc3)C2)[C@H]1c1cccc([N+](=O)[O-])c1. The number of hydrogen-bond donors (Lipinski definition) is 1. The number of Topliss-reactive ketones (excluding diaryl/α,β-unsaturated/α-hetero) is 1. The normalized spacial score (nSPS) is 18.8. The van der Waals surface area contributed by atoms with Gasteiger partial charge in [0.15, 0.2) is 5.78 Å². The van der Waals surface area contributed by atoms with E-state index in [1.165, 1.54) is 12.1 Å². The van der Waals surface area contributed by atoms with Crippen LogP contribution in [0.1, 0.15) is 68.5 Å². The Labute approximate surface area is 222 Å². The number of rotatable bonds is 7. The molecule has 0 spiro atoms. The van der Waals surface area contributed by atoms with Crippen molar-refractivity contribution in [1.29, 1.82) is 0 Å². The lowest BCUT2D eigenvalue weighted by Crippen LogP contribution is -2.38. The fraction of sp³-hybridized carbons (Fsp3) is 0.290. The van der Waals surface area contributed by atoms with E-state index in [-0.39, 0.29) is 23.3 Å². The van der Waals surface area contributed by atoms with Gasteiger partial charge >= 0.3 is 0 Å². The van der Waals surface area contributed by atoms with Crippen molar-refractivity contribution in [2.45, 2.75) is 57.4 Å². The molecule has 38 heavy (non-hydrogen) atoms. The number of carbonyl (C=O) groups is 2. The monoisotopic (exact) mass is 509 g/mol. The molecular weight excluding hydrogens is 478 g/mol.